The first-order chi connectivity index (χ1) is 8.08. The third-order valence-electron chi connectivity index (χ3n) is 3.25. The SMILES string of the molecule is CC(C)CC1C(N)NNC1c1cccc(Cl)c1. The molecule has 3 nitrogen and oxygen atoms in total. The summed E-state index contributed by atoms with van der Waals surface area (Å²) in [6.45, 7) is 4.44. The minimum Gasteiger partial charge on any atom is -0.315 e. The summed E-state index contributed by atoms with van der Waals surface area (Å²) < 4.78 is 0. The lowest BCUT2D eigenvalue weighted by Crippen LogP contribution is -2.39. The zero-order valence-corrected chi connectivity index (χ0v) is 11.0. The summed E-state index contributed by atoms with van der Waals surface area (Å²) in [6, 6.07) is 8.22. The highest BCUT2D eigenvalue weighted by Gasteiger charge is 2.34. The Labute approximate surface area is 108 Å². The molecule has 0 radical (unpaired) electrons. The second-order valence-electron chi connectivity index (χ2n) is 5.14. The van der Waals surface area contributed by atoms with Crippen LogP contribution in [0, 0.1) is 11.8 Å². The number of hydrazine groups is 1. The average molecular weight is 254 g/mol. The molecular formula is C13H20ClN3. The van der Waals surface area contributed by atoms with E-state index in [9.17, 15) is 0 Å². The van der Waals surface area contributed by atoms with Crippen molar-refractivity contribution < 1.29 is 0 Å². The van der Waals surface area contributed by atoms with Crippen molar-refractivity contribution in [3.05, 3.63) is 34.9 Å². The second kappa shape index (κ2) is 5.36. The van der Waals surface area contributed by atoms with Crippen LogP contribution in [0.15, 0.2) is 24.3 Å². The van der Waals surface area contributed by atoms with Crippen molar-refractivity contribution in [2.75, 3.05) is 0 Å². The van der Waals surface area contributed by atoms with Crippen LogP contribution in [0.4, 0.5) is 0 Å². The third kappa shape index (κ3) is 2.99. The van der Waals surface area contributed by atoms with Gasteiger partial charge in [-0.1, -0.05) is 37.6 Å². The van der Waals surface area contributed by atoms with E-state index >= 15 is 0 Å². The maximum atomic E-state index is 6.09. The number of rotatable bonds is 3. The molecule has 0 bridgehead atoms. The highest BCUT2D eigenvalue weighted by atomic mass is 35.5. The standard InChI is InChI=1S/C13H20ClN3/c1-8(2)6-11-12(16-17-13(11)15)9-4-3-5-10(14)7-9/h3-5,7-8,11-13,16-17H,6,15H2,1-2H3. The quantitative estimate of drug-likeness (QED) is 0.776. The van der Waals surface area contributed by atoms with Crippen molar-refractivity contribution in [1.82, 2.24) is 10.9 Å². The largest absolute Gasteiger partial charge is 0.315 e. The fraction of sp³-hybridized carbons (Fsp3) is 0.538. The molecule has 1 heterocycles. The molecule has 17 heavy (non-hydrogen) atoms. The zero-order valence-electron chi connectivity index (χ0n) is 10.3. The number of halogens is 1. The van der Waals surface area contributed by atoms with Crippen molar-refractivity contribution >= 4 is 11.6 Å². The van der Waals surface area contributed by atoms with Crippen molar-refractivity contribution in [3.8, 4) is 0 Å². The van der Waals surface area contributed by atoms with Gasteiger partial charge in [-0.2, -0.15) is 0 Å². The second-order valence-corrected chi connectivity index (χ2v) is 5.58. The molecule has 3 atom stereocenters. The normalized spacial score (nSPS) is 28.9. The molecular weight excluding hydrogens is 234 g/mol. The van der Waals surface area contributed by atoms with E-state index in [1.54, 1.807) is 0 Å². The Kier molecular flexibility index (Phi) is 4.05. The summed E-state index contributed by atoms with van der Waals surface area (Å²) in [5, 5.41) is 0.771. The van der Waals surface area contributed by atoms with Gasteiger partial charge in [0, 0.05) is 10.9 Å². The Morgan fingerprint density at radius 3 is 2.76 bits per heavy atom. The van der Waals surface area contributed by atoms with E-state index in [-0.39, 0.29) is 12.2 Å². The molecule has 3 unspecified atom stereocenters. The summed E-state index contributed by atoms with van der Waals surface area (Å²) in [4.78, 5) is 0. The number of nitrogens with one attached hydrogen (secondary N) is 2. The van der Waals surface area contributed by atoms with Gasteiger partial charge in [0.05, 0.1) is 12.2 Å². The van der Waals surface area contributed by atoms with E-state index < -0.39 is 0 Å². The smallest absolute Gasteiger partial charge is 0.0726 e. The monoisotopic (exact) mass is 253 g/mol. The fourth-order valence-electron chi connectivity index (χ4n) is 2.47. The molecule has 0 saturated carbocycles. The van der Waals surface area contributed by atoms with Gasteiger partial charge in [-0.25, -0.2) is 10.9 Å². The van der Waals surface area contributed by atoms with Gasteiger partial charge in [-0.15, -0.1) is 0 Å². The van der Waals surface area contributed by atoms with E-state index in [0.29, 0.717) is 11.8 Å². The molecule has 1 aromatic carbocycles. The first kappa shape index (κ1) is 12.8. The van der Waals surface area contributed by atoms with Gasteiger partial charge in [0.1, 0.15) is 0 Å². The van der Waals surface area contributed by atoms with E-state index in [0.717, 1.165) is 11.4 Å². The van der Waals surface area contributed by atoms with Crippen molar-refractivity contribution in [2.24, 2.45) is 17.6 Å². The summed E-state index contributed by atoms with van der Waals surface area (Å²) in [6.07, 6.45) is 1.10. The predicted molar refractivity (Wildman–Crippen MR) is 71.4 cm³/mol. The summed E-state index contributed by atoms with van der Waals surface area (Å²) >= 11 is 6.03. The van der Waals surface area contributed by atoms with Crippen LogP contribution in [0.25, 0.3) is 0 Å². The number of nitrogens with two attached hydrogens (primary N) is 1. The van der Waals surface area contributed by atoms with Gasteiger partial charge in [-0.3, -0.25) is 0 Å². The van der Waals surface area contributed by atoms with Crippen LogP contribution in [0.5, 0.6) is 0 Å². The van der Waals surface area contributed by atoms with Crippen LogP contribution in [-0.4, -0.2) is 6.17 Å². The maximum Gasteiger partial charge on any atom is 0.0726 e. The lowest BCUT2D eigenvalue weighted by molar-refractivity contribution is 0.344. The summed E-state index contributed by atoms with van der Waals surface area (Å²) in [7, 11) is 0. The molecule has 94 valence electrons. The van der Waals surface area contributed by atoms with Crippen LogP contribution in [-0.2, 0) is 0 Å². The van der Waals surface area contributed by atoms with Crippen LogP contribution in [0.1, 0.15) is 31.9 Å². The van der Waals surface area contributed by atoms with Crippen molar-refractivity contribution in [1.29, 1.82) is 0 Å². The molecule has 1 saturated heterocycles. The topological polar surface area (TPSA) is 50.1 Å². The Balaban J connectivity index is 2.19. The number of hydrogen-bond acceptors (Lipinski definition) is 3. The lowest BCUT2D eigenvalue weighted by atomic mass is 9.86. The average Bonchev–Trinajstić information content (AvgIpc) is 2.60. The van der Waals surface area contributed by atoms with Crippen molar-refractivity contribution in [2.45, 2.75) is 32.5 Å². The Morgan fingerprint density at radius 1 is 1.35 bits per heavy atom. The van der Waals surface area contributed by atoms with Gasteiger partial charge in [0.25, 0.3) is 0 Å². The summed E-state index contributed by atoms with van der Waals surface area (Å²) in [5.41, 5.74) is 13.7. The molecule has 0 spiro atoms. The number of benzene rings is 1. The molecule has 0 aliphatic carbocycles. The third-order valence-corrected chi connectivity index (χ3v) is 3.48. The molecule has 0 amide bonds. The van der Waals surface area contributed by atoms with Gasteiger partial charge in [-0.05, 0) is 30.0 Å². The first-order valence-corrected chi connectivity index (χ1v) is 6.48. The highest BCUT2D eigenvalue weighted by Crippen LogP contribution is 2.32. The molecule has 4 heteroatoms. The molecule has 1 aliphatic heterocycles. The Bertz CT molecular complexity index is 381. The van der Waals surface area contributed by atoms with Crippen LogP contribution >= 0.6 is 11.6 Å². The minimum absolute atomic E-state index is 0.00128. The van der Waals surface area contributed by atoms with E-state index in [4.69, 9.17) is 17.3 Å². The molecule has 4 N–H and O–H groups in total. The van der Waals surface area contributed by atoms with Gasteiger partial charge >= 0.3 is 0 Å². The fourth-order valence-corrected chi connectivity index (χ4v) is 2.66. The van der Waals surface area contributed by atoms with Gasteiger partial charge < -0.3 is 5.73 Å². The molecule has 1 aliphatic rings. The maximum absolute atomic E-state index is 6.09. The zero-order chi connectivity index (χ0) is 12.4. The van der Waals surface area contributed by atoms with Crippen LogP contribution in [0.3, 0.4) is 0 Å². The summed E-state index contributed by atoms with van der Waals surface area (Å²) in [5.74, 6) is 1.03. The first-order valence-electron chi connectivity index (χ1n) is 6.10. The van der Waals surface area contributed by atoms with Crippen LogP contribution < -0.4 is 16.6 Å². The predicted octanol–water partition coefficient (Wildman–Crippen LogP) is 2.44. The Morgan fingerprint density at radius 2 is 2.12 bits per heavy atom. The minimum atomic E-state index is 0.00128. The molecule has 2 rings (SSSR count). The van der Waals surface area contributed by atoms with Crippen molar-refractivity contribution in [3.63, 3.8) is 0 Å². The van der Waals surface area contributed by atoms with Crippen LogP contribution in [0.2, 0.25) is 5.02 Å². The van der Waals surface area contributed by atoms with E-state index in [1.165, 1.54) is 5.56 Å². The Hall–Kier alpha value is -0.610. The van der Waals surface area contributed by atoms with Gasteiger partial charge in [0.15, 0.2) is 0 Å². The van der Waals surface area contributed by atoms with Gasteiger partial charge in [0.2, 0.25) is 0 Å². The lowest BCUT2D eigenvalue weighted by Gasteiger charge is -2.23. The molecule has 0 aromatic heterocycles. The molecule has 1 aromatic rings. The highest BCUT2D eigenvalue weighted by molar-refractivity contribution is 6.30. The number of hydrogen-bond donors (Lipinski definition) is 3. The van der Waals surface area contributed by atoms with E-state index in [1.807, 2.05) is 18.2 Å². The molecule has 1 fully saturated rings. The van der Waals surface area contributed by atoms with E-state index in [2.05, 4.69) is 30.8 Å².